The van der Waals surface area contributed by atoms with Crippen molar-refractivity contribution in [3.05, 3.63) is 91.4 Å². The quantitative estimate of drug-likeness (QED) is 0.364. The van der Waals surface area contributed by atoms with E-state index < -0.39 is 35.7 Å². The lowest BCUT2D eigenvalue weighted by Crippen LogP contribution is -2.49. The van der Waals surface area contributed by atoms with Crippen LogP contribution in [0, 0.1) is 17.2 Å². The largest absolute Gasteiger partial charge is 0.334 e. The summed E-state index contributed by atoms with van der Waals surface area (Å²) in [6, 6.07) is 14.9. The van der Waals surface area contributed by atoms with E-state index in [4.69, 9.17) is 51.7 Å². The molecule has 0 aliphatic carbocycles. The van der Waals surface area contributed by atoms with Gasteiger partial charge >= 0.3 is 6.03 Å². The number of nitrogens with zero attached hydrogens (tertiary/aromatic N) is 2. The van der Waals surface area contributed by atoms with Crippen molar-refractivity contribution in [1.29, 1.82) is 5.26 Å². The summed E-state index contributed by atoms with van der Waals surface area (Å²) in [5, 5.41) is 15.5. The minimum absolute atomic E-state index is 0.131. The third kappa shape index (κ3) is 4.74. The fourth-order valence-corrected chi connectivity index (χ4v) is 5.94. The van der Waals surface area contributed by atoms with Crippen molar-refractivity contribution in [1.82, 2.24) is 5.32 Å². The SMILES string of the molecule is N#Cc1ccc(CC2NC(=O)Nc3c(Cl)cc(Cl)cc3C3C(=O)N(c4cc(Cl)cc(Cl)c4)C(=O)C23)cc1. The summed E-state index contributed by atoms with van der Waals surface area (Å²) in [4.78, 5) is 41.9. The van der Waals surface area contributed by atoms with Crippen LogP contribution >= 0.6 is 46.4 Å². The molecule has 2 N–H and O–H groups in total. The van der Waals surface area contributed by atoms with Crippen molar-refractivity contribution < 1.29 is 14.4 Å². The van der Waals surface area contributed by atoms with Gasteiger partial charge in [-0.25, -0.2) is 9.69 Å². The molecule has 4 amide bonds. The van der Waals surface area contributed by atoms with Crippen molar-refractivity contribution in [3.63, 3.8) is 0 Å². The molecule has 5 rings (SSSR count). The zero-order valence-electron chi connectivity index (χ0n) is 18.8. The molecule has 2 aliphatic heterocycles. The molecule has 2 heterocycles. The molecule has 2 aliphatic rings. The lowest BCUT2D eigenvalue weighted by Gasteiger charge is -2.31. The smallest absolute Gasteiger partial charge is 0.319 e. The summed E-state index contributed by atoms with van der Waals surface area (Å²) < 4.78 is 0. The van der Waals surface area contributed by atoms with Crippen LogP contribution < -0.4 is 15.5 Å². The highest BCUT2D eigenvalue weighted by molar-refractivity contribution is 6.38. The molecule has 37 heavy (non-hydrogen) atoms. The molecule has 186 valence electrons. The van der Waals surface area contributed by atoms with Gasteiger partial charge in [-0.3, -0.25) is 9.59 Å². The number of hydrogen-bond acceptors (Lipinski definition) is 4. The first kappa shape index (κ1) is 25.4. The molecule has 11 heteroatoms. The van der Waals surface area contributed by atoms with Crippen molar-refractivity contribution in [2.24, 2.45) is 5.92 Å². The Labute approximate surface area is 231 Å². The van der Waals surface area contributed by atoms with Crippen LogP contribution in [0.1, 0.15) is 22.6 Å². The number of halogens is 4. The number of amides is 4. The van der Waals surface area contributed by atoms with Gasteiger partial charge in [-0.15, -0.1) is 0 Å². The summed E-state index contributed by atoms with van der Waals surface area (Å²) in [7, 11) is 0. The lowest BCUT2D eigenvalue weighted by molar-refractivity contribution is -0.122. The first-order valence-electron chi connectivity index (χ1n) is 11.1. The Morgan fingerprint density at radius 1 is 0.865 bits per heavy atom. The number of hydrogen-bond donors (Lipinski definition) is 2. The average molecular weight is 574 g/mol. The second kappa shape index (κ2) is 9.88. The van der Waals surface area contributed by atoms with Crippen molar-refractivity contribution in [3.8, 4) is 6.07 Å². The summed E-state index contributed by atoms with van der Waals surface area (Å²) in [5.41, 5.74) is 1.97. The summed E-state index contributed by atoms with van der Waals surface area (Å²) in [6.07, 6.45) is 0.215. The molecule has 0 spiro atoms. The topological polar surface area (TPSA) is 102 Å². The van der Waals surface area contributed by atoms with Gasteiger partial charge in [0, 0.05) is 21.1 Å². The zero-order valence-corrected chi connectivity index (χ0v) is 21.8. The number of imide groups is 1. The monoisotopic (exact) mass is 572 g/mol. The number of benzene rings is 3. The number of rotatable bonds is 3. The zero-order chi connectivity index (χ0) is 26.4. The van der Waals surface area contributed by atoms with Crippen molar-refractivity contribution >= 4 is 75.6 Å². The molecule has 3 aromatic carbocycles. The van der Waals surface area contributed by atoms with E-state index in [1.165, 1.54) is 30.3 Å². The van der Waals surface area contributed by atoms with Crippen LogP contribution in [0.3, 0.4) is 0 Å². The number of urea groups is 1. The van der Waals surface area contributed by atoms with Gasteiger partial charge in [0.05, 0.1) is 39.9 Å². The molecule has 0 radical (unpaired) electrons. The molecule has 0 saturated carbocycles. The highest BCUT2D eigenvalue weighted by Crippen LogP contribution is 2.46. The van der Waals surface area contributed by atoms with Crippen molar-refractivity contribution in [2.45, 2.75) is 18.4 Å². The first-order chi connectivity index (χ1) is 17.7. The Morgan fingerprint density at radius 3 is 2.16 bits per heavy atom. The fourth-order valence-electron chi connectivity index (χ4n) is 4.87. The molecule has 0 aromatic heterocycles. The minimum atomic E-state index is -1.02. The van der Waals surface area contributed by atoms with E-state index in [-0.39, 0.29) is 37.9 Å². The van der Waals surface area contributed by atoms with E-state index in [9.17, 15) is 14.4 Å². The molecule has 3 unspecified atom stereocenters. The number of nitriles is 1. The van der Waals surface area contributed by atoms with E-state index in [2.05, 4.69) is 16.7 Å². The van der Waals surface area contributed by atoms with Gasteiger partial charge in [-0.05, 0) is 60.0 Å². The molecule has 7 nitrogen and oxygen atoms in total. The van der Waals surface area contributed by atoms with Crippen LogP contribution in [0.25, 0.3) is 0 Å². The second-order valence-electron chi connectivity index (χ2n) is 8.71. The standard InChI is InChI=1S/C26H16Cl4N4O3/c27-14-6-15(28)8-17(7-14)34-24(35)21-18-9-16(29)10-19(30)23(18)33-26(37)32-20(22(21)25(34)36)5-12-1-3-13(11-31)4-2-12/h1-4,6-10,20-22H,5H2,(H2,32,33,37). The highest BCUT2D eigenvalue weighted by atomic mass is 35.5. The molecular formula is C26H16Cl4N4O3. The third-order valence-electron chi connectivity index (χ3n) is 6.40. The Morgan fingerprint density at radius 2 is 1.51 bits per heavy atom. The third-order valence-corrected chi connectivity index (χ3v) is 7.36. The van der Waals surface area contributed by atoms with E-state index >= 15 is 0 Å². The number of nitrogens with one attached hydrogen (secondary N) is 2. The van der Waals surface area contributed by atoms with Crippen LogP contribution in [-0.2, 0) is 16.0 Å². The van der Waals surface area contributed by atoms with Gasteiger partial charge in [-0.1, -0.05) is 58.5 Å². The Balaban J connectivity index is 1.67. The number of anilines is 2. The van der Waals surface area contributed by atoms with E-state index in [0.29, 0.717) is 11.1 Å². The number of carbonyl (C=O) groups excluding carboxylic acids is 3. The summed E-state index contributed by atoms with van der Waals surface area (Å²) in [5.74, 6) is -3.08. The lowest BCUT2D eigenvalue weighted by atomic mass is 9.79. The maximum absolute atomic E-state index is 14.0. The van der Waals surface area contributed by atoms with Gasteiger partial charge in [0.15, 0.2) is 0 Å². The molecule has 0 bridgehead atoms. The predicted octanol–water partition coefficient (Wildman–Crippen LogP) is 6.19. The van der Waals surface area contributed by atoms with Gasteiger partial charge in [0.2, 0.25) is 11.8 Å². The second-order valence-corrected chi connectivity index (χ2v) is 10.4. The van der Waals surface area contributed by atoms with E-state index in [1.807, 2.05) is 0 Å². The van der Waals surface area contributed by atoms with Crippen molar-refractivity contribution in [2.75, 3.05) is 10.2 Å². The van der Waals surface area contributed by atoms with Crippen LogP contribution in [0.2, 0.25) is 20.1 Å². The molecule has 3 atom stereocenters. The van der Waals surface area contributed by atoms with Gasteiger partial charge in [0.25, 0.3) is 0 Å². The van der Waals surface area contributed by atoms with Crippen LogP contribution in [0.15, 0.2) is 54.6 Å². The summed E-state index contributed by atoms with van der Waals surface area (Å²) in [6.45, 7) is 0. The maximum Gasteiger partial charge on any atom is 0.319 e. The minimum Gasteiger partial charge on any atom is -0.334 e. The maximum atomic E-state index is 14.0. The molecular weight excluding hydrogens is 558 g/mol. The predicted molar refractivity (Wildman–Crippen MR) is 142 cm³/mol. The Kier molecular flexibility index (Phi) is 6.78. The van der Waals surface area contributed by atoms with E-state index in [0.717, 1.165) is 10.5 Å². The highest BCUT2D eigenvalue weighted by Gasteiger charge is 2.54. The van der Waals surface area contributed by atoms with Gasteiger partial charge < -0.3 is 10.6 Å². The molecule has 1 saturated heterocycles. The number of carbonyl (C=O) groups is 3. The normalized spacial score (nSPS) is 20.8. The van der Waals surface area contributed by atoms with Gasteiger partial charge in [0.1, 0.15) is 0 Å². The fraction of sp³-hybridized carbons (Fsp3) is 0.154. The Bertz CT molecular complexity index is 1480. The Hall–Kier alpha value is -3.28. The number of fused-ring (bicyclic) bond motifs is 3. The first-order valence-corrected chi connectivity index (χ1v) is 12.6. The average Bonchev–Trinajstić information content (AvgIpc) is 3.08. The van der Waals surface area contributed by atoms with E-state index in [1.54, 1.807) is 24.3 Å². The van der Waals surface area contributed by atoms with Crippen LogP contribution in [0.4, 0.5) is 16.2 Å². The van der Waals surface area contributed by atoms with Crippen LogP contribution in [0.5, 0.6) is 0 Å². The molecule has 1 fully saturated rings. The summed E-state index contributed by atoms with van der Waals surface area (Å²) >= 11 is 25.0. The van der Waals surface area contributed by atoms with Crippen LogP contribution in [-0.4, -0.2) is 23.9 Å². The molecule has 3 aromatic rings. The van der Waals surface area contributed by atoms with Gasteiger partial charge in [-0.2, -0.15) is 5.26 Å².